The van der Waals surface area contributed by atoms with Gasteiger partial charge in [-0.1, -0.05) is 0 Å². The summed E-state index contributed by atoms with van der Waals surface area (Å²) in [5.74, 6) is 0.284. The van der Waals surface area contributed by atoms with E-state index in [-0.39, 0.29) is 22.5 Å². The number of Topliss-reactive ketones (excluding diaryl/α,β-unsaturated/α-hetero) is 1. The van der Waals surface area contributed by atoms with Gasteiger partial charge >= 0.3 is 0 Å². The topological polar surface area (TPSA) is 40.1 Å². The minimum absolute atomic E-state index is 0.0838. The lowest BCUT2D eigenvalue weighted by molar-refractivity contribution is -0.428. The van der Waals surface area contributed by atoms with Gasteiger partial charge in [0, 0.05) is 10.8 Å². The summed E-state index contributed by atoms with van der Waals surface area (Å²) in [6.45, 7) is 12.2. The van der Waals surface area contributed by atoms with Crippen molar-refractivity contribution in [2.45, 2.75) is 47.1 Å². The Morgan fingerprint density at radius 3 is 2.00 bits per heavy atom. The standard InChI is InChI=1S/C14H20O2/c1-12(2,3)8-7-9(13(4,5)6)14(16)10(8)11(14)15/h7,10H,1-6H3. The molecule has 1 fully saturated rings. The van der Waals surface area contributed by atoms with Crippen LogP contribution >= 0.6 is 0 Å². The quantitative estimate of drug-likeness (QED) is 0.585. The van der Waals surface area contributed by atoms with Crippen LogP contribution in [0.2, 0.25) is 0 Å². The van der Waals surface area contributed by atoms with Crippen molar-refractivity contribution in [2.75, 3.05) is 0 Å². The van der Waals surface area contributed by atoms with Crippen molar-refractivity contribution < 1.29 is 9.90 Å². The van der Waals surface area contributed by atoms with Crippen LogP contribution in [0.3, 0.4) is 0 Å². The normalized spacial score (nSPS) is 33.9. The second-order valence-corrected chi connectivity index (χ2v) is 7.05. The minimum Gasteiger partial charge on any atom is -0.822 e. The van der Waals surface area contributed by atoms with Crippen LogP contribution in [-0.4, -0.2) is 11.4 Å². The Morgan fingerprint density at radius 1 is 1.25 bits per heavy atom. The summed E-state index contributed by atoms with van der Waals surface area (Å²) in [5.41, 5.74) is -0.683. The maximum atomic E-state index is 12.5. The first-order valence-corrected chi connectivity index (χ1v) is 5.85. The fourth-order valence-electron chi connectivity index (χ4n) is 2.70. The van der Waals surface area contributed by atoms with Crippen molar-refractivity contribution in [3.63, 3.8) is 0 Å². The van der Waals surface area contributed by atoms with E-state index in [1.54, 1.807) is 0 Å². The molecule has 0 aliphatic heterocycles. The van der Waals surface area contributed by atoms with Crippen molar-refractivity contribution in [3.05, 3.63) is 17.6 Å². The van der Waals surface area contributed by atoms with Gasteiger partial charge in [0.2, 0.25) is 0 Å². The van der Waals surface area contributed by atoms with Crippen LogP contribution in [0.15, 0.2) is 11.6 Å². The maximum Gasteiger partial charge on any atom is 0.177 e. The van der Waals surface area contributed by atoms with Gasteiger partial charge in [-0.2, -0.15) is 0 Å². The van der Waals surface area contributed by atoms with E-state index < -0.39 is 5.60 Å². The third-order valence-corrected chi connectivity index (χ3v) is 3.64. The summed E-state index contributed by atoms with van der Waals surface area (Å²) < 4.78 is 0. The molecule has 2 nitrogen and oxygen atoms in total. The Labute approximate surface area is 97.7 Å². The van der Waals surface area contributed by atoms with E-state index in [0.29, 0.717) is 0 Å². The average molecular weight is 220 g/mol. The van der Waals surface area contributed by atoms with E-state index >= 15 is 0 Å². The van der Waals surface area contributed by atoms with Gasteiger partial charge in [-0.25, -0.2) is 0 Å². The molecule has 0 bridgehead atoms. The van der Waals surface area contributed by atoms with Gasteiger partial charge in [0.15, 0.2) is 5.78 Å². The Hall–Kier alpha value is -0.760. The highest BCUT2D eigenvalue weighted by atomic mass is 16.3. The summed E-state index contributed by atoms with van der Waals surface area (Å²) in [7, 11) is 0. The van der Waals surface area contributed by atoms with Crippen molar-refractivity contribution in [2.24, 2.45) is 16.7 Å². The van der Waals surface area contributed by atoms with Crippen LogP contribution in [0.5, 0.6) is 0 Å². The molecule has 0 saturated heterocycles. The molecule has 0 radical (unpaired) electrons. The van der Waals surface area contributed by atoms with Gasteiger partial charge in [0.25, 0.3) is 0 Å². The monoisotopic (exact) mass is 220 g/mol. The molecule has 0 spiro atoms. The van der Waals surface area contributed by atoms with Gasteiger partial charge in [-0.15, -0.1) is 0 Å². The molecule has 0 N–H and O–H groups in total. The van der Waals surface area contributed by atoms with Crippen molar-refractivity contribution in [3.8, 4) is 0 Å². The predicted molar refractivity (Wildman–Crippen MR) is 61.5 cm³/mol. The molecule has 2 aliphatic carbocycles. The molecular formula is C14H20O2. The molecule has 2 rings (SSSR count). The van der Waals surface area contributed by atoms with Gasteiger partial charge in [-0.05, 0) is 41.5 Å². The maximum absolute atomic E-state index is 12.5. The highest BCUT2D eigenvalue weighted by molar-refractivity contribution is 6.14. The van der Waals surface area contributed by atoms with E-state index in [1.807, 2.05) is 26.8 Å². The molecule has 1 saturated carbocycles. The lowest BCUT2D eigenvalue weighted by Crippen LogP contribution is -2.42. The Kier molecular flexibility index (Phi) is 2.00. The SMILES string of the molecule is CC(C)(C)C1=C[C+](C(C)(C)C)C2([O-])C(=O)C12. The van der Waals surface area contributed by atoms with E-state index in [0.717, 1.165) is 11.5 Å². The summed E-state index contributed by atoms with van der Waals surface area (Å²) in [6, 6.07) is 0. The Bertz CT molecular complexity index is 379. The summed E-state index contributed by atoms with van der Waals surface area (Å²) in [5, 5.41) is 12.5. The first-order valence-electron chi connectivity index (χ1n) is 5.85. The van der Waals surface area contributed by atoms with Gasteiger partial charge in [-0.3, -0.25) is 4.79 Å². The lowest BCUT2D eigenvalue weighted by atomic mass is 9.76. The van der Waals surface area contributed by atoms with Crippen LogP contribution in [0.1, 0.15) is 41.5 Å². The molecule has 16 heavy (non-hydrogen) atoms. The zero-order valence-electron chi connectivity index (χ0n) is 11.0. The minimum atomic E-state index is -1.42. The summed E-state index contributed by atoms with van der Waals surface area (Å²) in [6.07, 6.45) is 2.00. The second kappa shape index (κ2) is 2.73. The van der Waals surface area contributed by atoms with Crippen molar-refractivity contribution in [1.29, 1.82) is 0 Å². The number of fused-ring (bicyclic) bond motifs is 1. The predicted octanol–water partition coefficient (Wildman–Crippen LogP) is 1.89. The van der Waals surface area contributed by atoms with E-state index in [9.17, 15) is 9.90 Å². The molecule has 0 heterocycles. The first kappa shape index (κ1) is 11.7. The highest BCUT2D eigenvalue weighted by Crippen LogP contribution is 2.62. The fraction of sp³-hybridized carbons (Fsp3) is 0.714. The van der Waals surface area contributed by atoms with Crippen molar-refractivity contribution >= 4 is 5.78 Å². The molecule has 0 aromatic carbocycles. The fourth-order valence-corrected chi connectivity index (χ4v) is 2.70. The number of hydrogen-bond donors (Lipinski definition) is 0. The first-order chi connectivity index (χ1) is 7.00. The van der Waals surface area contributed by atoms with Crippen LogP contribution in [-0.2, 0) is 4.79 Å². The molecular weight excluding hydrogens is 200 g/mol. The largest absolute Gasteiger partial charge is 0.822 e. The molecule has 0 aromatic rings. The Balaban J connectivity index is 2.44. The van der Waals surface area contributed by atoms with Crippen LogP contribution in [0.4, 0.5) is 0 Å². The number of hydrogen-bond acceptors (Lipinski definition) is 2. The zero-order valence-corrected chi connectivity index (χ0v) is 11.0. The van der Waals surface area contributed by atoms with Gasteiger partial charge in [0.05, 0.1) is 23.2 Å². The molecule has 2 atom stereocenters. The van der Waals surface area contributed by atoms with Gasteiger partial charge in [0.1, 0.15) is 5.92 Å². The molecule has 2 unspecified atom stereocenters. The zero-order chi connectivity index (χ0) is 12.5. The summed E-state index contributed by atoms with van der Waals surface area (Å²) in [4.78, 5) is 11.8. The third-order valence-electron chi connectivity index (χ3n) is 3.64. The number of carbonyl (C=O) groups excluding carboxylic acids is 1. The average Bonchev–Trinajstić information content (AvgIpc) is 2.48. The van der Waals surface area contributed by atoms with E-state index in [2.05, 4.69) is 20.8 Å². The second-order valence-electron chi connectivity index (χ2n) is 7.05. The molecule has 0 aromatic heterocycles. The number of rotatable bonds is 0. The molecule has 88 valence electrons. The molecule has 2 aliphatic rings. The summed E-state index contributed by atoms with van der Waals surface area (Å²) >= 11 is 0. The Morgan fingerprint density at radius 2 is 1.75 bits per heavy atom. The smallest absolute Gasteiger partial charge is 0.177 e. The molecule has 2 heteroatoms. The van der Waals surface area contributed by atoms with Crippen LogP contribution in [0.25, 0.3) is 0 Å². The van der Waals surface area contributed by atoms with Gasteiger partial charge < -0.3 is 5.11 Å². The van der Waals surface area contributed by atoms with Crippen LogP contribution < -0.4 is 5.11 Å². The number of ketones is 1. The lowest BCUT2D eigenvalue weighted by Gasteiger charge is -2.29. The van der Waals surface area contributed by atoms with E-state index in [4.69, 9.17) is 0 Å². The van der Waals surface area contributed by atoms with Crippen LogP contribution in [0, 0.1) is 22.7 Å². The van der Waals surface area contributed by atoms with E-state index in [1.165, 1.54) is 0 Å². The van der Waals surface area contributed by atoms with Crippen molar-refractivity contribution in [1.82, 2.24) is 0 Å². The highest BCUT2D eigenvalue weighted by Gasteiger charge is 2.75. The molecule has 0 amide bonds. The third kappa shape index (κ3) is 1.29. The number of carbonyl (C=O) groups is 1.